The monoisotopic (exact) mass is 375 g/mol. The molecule has 1 amide bonds. The standard InChI is InChI=1S/C21H26FNO4/c1-21(2,3)27-20(24)23-11-9-15(10-12-23)14-26-19-16(6-4-7-17(19)22)18-8-5-13-25-18/h4-8,13,15H,9-12,14H2,1-3H3. The number of nitrogens with zero attached hydrogens (tertiary/aromatic N) is 1. The SMILES string of the molecule is CC(C)(C)OC(=O)N1CCC(COc2c(F)cccc2-c2ccco2)CC1. The first-order valence-electron chi connectivity index (χ1n) is 9.26. The second kappa shape index (κ2) is 8.03. The number of halogens is 1. The van der Waals surface area contributed by atoms with Gasteiger partial charge in [0, 0.05) is 13.1 Å². The Morgan fingerprint density at radius 2 is 1.96 bits per heavy atom. The first-order chi connectivity index (χ1) is 12.8. The highest BCUT2D eigenvalue weighted by atomic mass is 19.1. The summed E-state index contributed by atoms with van der Waals surface area (Å²) in [5.41, 5.74) is 0.107. The molecule has 0 saturated carbocycles. The van der Waals surface area contributed by atoms with Crippen molar-refractivity contribution in [1.29, 1.82) is 0 Å². The third-order valence-electron chi connectivity index (χ3n) is 4.48. The summed E-state index contributed by atoms with van der Waals surface area (Å²) in [6.45, 7) is 7.21. The number of carbonyl (C=O) groups is 1. The van der Waals surface area contributed by atoms with Crippen molar-refractivity contribution < 1.29 is 23.1 Å². The minimum atomic E-state index is -0.496. The van der Waals surface area contributed by atoms with Crippen LogP contribution in [0.15, 0.2) is 41.0 Å². The van der Waals surface area contributed by atoms with Crippen molar-refractivity contribution in [3.8, 4) is 17.1 Å². The lowest BCUT2D eigenvalue weighted by atomic mass is 9.98. The second-order valence-corrected chi connectivity index (χ2v) is 7.82. The molecule has 146 valence electrons. The molecule has 0 atom stereocenters. The molecule has 1 aromatic carbocycles. The molecule has 3 rings (SSSR count). The predicted octanol–water partition coefficient (Wildman–Crippen LogP) is 5.11. The quantitative estimate of drug-likeness (QED) is 0.745. The fourth-order valence-corrected chi connectivity index (χ4v) is 3.09. The fourth-order valence-electron chi connectivity index (χ4n) is 3.09. The Hall–Kier alpha value is -2.50. The minimum Gasteiger partial charge on any atom is -0.489 e. The normalized spacial score (nSPS) is 15.6. The fraction of sp³-hybridized carbons (Fsp3) is 0.476. The molecule has 2 heterocycles. The molecule has 27 heavy (non-hydrogen) atoms. The summed E-state index contributed by atoms with van der Waals surface area (Å²) in [5.74, 6) is 0.633. The van der Waals surface area contributed by atoms with Crippen molar-refractivity contribution in [1.82, 2.24) is 4.90 Å². The number of furan rings is 1. The molecule has 1 aromatic heterocycles. The van der Waals surface area contributed by atoms with Crippen LogP contribution in [0.25, 0.3) is 11.3 Å². The Morgan fingerprint density at radius 3 is 2.59 bits per heavy atom. The number of rotatable bonds is 4. The molecular weight excluding hydrogens is 349 g/mol. The smallest absolute Gasteiger partial charge is 0.410 e. The Morgan fingerprint density at radius 1 is 1.22 bits per heavy atom. The van der Waals surface area contributed by atoms with E-state index in [0.29, 0.717) is 31.0 Å². The van der Waals surface area contributed by atoms with Crippen molar-refractivity contribution in [3.05, 3.63) is 42.4 Å². The van der Waals surface area contributed by atoms with Crippen LogP contribution in [0.3, 0.4) is 0 Å². The third-order valence-corrected chi connectivity index (χ3v) is 4.48. The van der Waals surface area contributed by atoms with Crippen molar-refractivity contribution in [2.45, 2.75) is 39.2 Å². The van der Waals surface area contributed by atoms with Crippen LogP contribution in [0.5, 0.6) is 5.75 Å². The molecule has 1 saturated heterocycles. The Balaban J connectivity index is 1.56. The molecule has 0 bridgehead atoms. The van der Waals surface area contributed by atoms with Crippen molar-refractivity contribution in [2.24, 2.45) is 5.92 Å². The Labute approximate surface area is 159 Å². The van der Waals surface area contributed by atoms with E-state index in [0.717, 1.165) is 12.8 Å². The van der Waals surface area contributed by atoms with Gasteiger partial charge in [-0.3, -0.25) is 0 Å². The number of likely N-dealkylation sites (tertiary alicyclic amines) is 1. The summed E-state index contributed by atoms with van der Waals surface area (Å²) in [6, 6.07) is 8.34. The van der Waals surface area contributed by atoms with Crippen molar-refractivity contribution in [3.63, 3.8) is 0 Å². The van der Waals surface area contributed by atoms with Crippen LogP contribution >= 0.6 is 0 Å². The minimum absolute atomic E-state index is 0.210. The zero-order chi connectivity index (χ0) is 19.4. The molecule has 1 fully saturated rings. The lowest BCUT2D eigenvalue weighted by Gasteiger charge is -2.33. The van der Waals surface area contributed by atoms with Crippen molar-refractivity contribution >= 4 is 6.09 Å². The van der Waals surface area contributed by atoms with E-state index in [1.807, 2.05) is 20.8 Å². The zero-order valence-electron chi connectivity index (χ0n) is 16.0. The molecule has 1 aliphatic rings. The largest absolute Gasteiger partial charge is 0.489 e. The van der Waals surface area contributed by atoms with E-state index in [1.165, 1.54) is 6.07 Å². The number of amides is 1. The number of hydrogen-bond donors (Lipinski definition) is 0. The van der Waals surface area contributed by atoms with E-state index < -0.39 is 11.4 Å². The van der Waals surface area contributed by atoms with E-state index in [-0.39, 0.29) is 17.8 Å². The van der Waals surface area contributed by atoms with Gasteiger partial charge in [-0.2, -0.15) is 0 Å². The first kappa shape index (κ1) is 19.3. The number of hydrogen-bond acceptors (Lipinski definition) is 4. The maximum atomic E-state index is 14.3. The van der Waals surface area contributed by atoms with Gasteiger partial charge in [-0.15, -0.1) is 0 Å². The number of benzene rings is 1. The highest BCUT2D eigenvalue weighted by molar-refractivity contribution is 5.68. The lowest BCUT2D eigenvalue weighted by Crippen LogP contribution is -2.42. The number of piperidine rings is 1. The molecule has 0 aliphatic carbocycles. The summed E-state index contributed by atoms with van der Waals surface area (Å²) in [6.07, 6.45) is 2.86. The van der Waals surface area contributed by atoms with E-state index in [9.17, 15) is 9.18 Å². The van der Waals surface area contributed by atoms with Crippen molar-refractivity contribution in [2.75, 3.05) is 19.7 Å². The highest BCUT2D eigenvalue weighted by Crippen LogP contribution is 2.33. The van der Waals surface area contributed by atoms with Gasteiger partial charge in [0.25, 0.3) is 0 Å². The van der Waals surface area contributed by atoms with E-state index >= 15 is 0 Å². The van der Waals surface area contributed by atoms with E-state index in [1.54, 1.807) is 35.4 Å². The van der Waals surface area contributed by atoms with Crippen LogP contribution in [0, 0.1) is 11.7 Å². The number of ether oxygens (including phenoxy) is 2. The average molecular weight is 375 g/mol. The number of para-hydroxylation sites is 1. The molecule has 0 spiro atoms. The maximum absolute atomic E-state index is 14.3. The summed E-state index contributed by atoms with van der Waals surface area (Å²) >= 11 is 0. The van der Waals surface area contributed by atoms with Gasteiger partial charge in [-0.05, 0) is 63.8 Å². The highest BCUT2D eigenvalue weighted by Gasteiger charge is 2.27. The molecule has 2 aromatic rings. The predicted molar refractivity (Wildman–Crippen MR) is 100 cm³/mol. The lowest BCUT2D eigenvalue weighted by molar-refractivity contribution is 0.0164. The summed E-state index contributed by atoms with van der Waals surface area (Å²) in [4.78, 5) is 13.9. The van der Waals surface area contributed by atoms with Crippen LogP contribution in [-0.2, 0) is 4.74 Å². The van der Waals surface area contributed by atoms with Crippen LogP contribution in [0.4, 0.5) is 9.18 Å². The van der Waals surface area contributed by atoms with Gasteiger partial charge < -0.3 is 18.8 Å². The van der Waals surface area contributed by atoms with Gasteiger partial charge in [0.05, 0.1) is 18.4 Å². The molecule has 5 nitrogen and oxygen atoms in total. The van der Waals surface area contributed by atoms with Gasteiger partial charge in [-0.25, -0.2) is 9.18 Å². The summed E-state index contributed by atoms with van der Waals surface area (Å²) < 4.78 is 30.9. The van der Waals surface area contributed by atoms with Crippen LogP contribution in [-0.4, -0.2) is 36.3 Å². The second-order valence-electron chi connectivity index (χ2n) is 7.82. The van der Waals surface area contributed by atoms with Gasteiger partial charge >= 0.3 is 6.09 Å². The van der Waals surface area contributed by atoms with E-state index in [2.05, 4.69) is 0 Å². The van der Waals surface area contributed by atoms with Crippen LogP contribution in [0.1, 0.15) is 33.6 Å². The van der Waals surface area contributed by atoms with Gasteiger partial charge in [0.1, 0.15) is 11.4 Å². The molecule has 0 N–H and O–H groups in total. The van der Waals surface area contributed by atoms with Gasteiger partial charge in [0.2, 0.25) is 0 Å². The molecule has 1 aliphatic heterocycles. The molecule has 0 unspecified atom stereocenters. The Kier molecular flexibility index (Phi) is 5.73. The Bertz CT molecular complexity index is 759. The average Bonchev–Trinajstić information content (AvgIpc) is 3.14. The van der Waals surface area contributed by atoms with Gasteiger partial charge in [0.15, 0.2) is 11.6 Å². The maximum Gasteiger partial charge on any atom is 0.410 e. The third kappa shape index (κ3) is 5.02. The van der Waals surface area contributed by atoms with E-state index in [4.69, 9.17) is 13.9 Å². The first-order valence-corrected chi connectivity index (χ1v) is 9.26. The summed E-state index contributed by atoms with van der Waals surface area (Å²) in [5, 5.41) is 0. The van der Waals surface area contributed by atoms with Crippen LogP contribution < -0.4 is 4.74 Å². The molecule has 0 radical (unpaired) electrons. The topological polar surface area (TPSA) is 51.9 Å². The zero-order valence-corrected chi connectivity index (χ0v) is 16.0. The van der Waals surface area contributed by atoms with Gasteiger partial charge in [-0.1, -0.05) is 6.07 Å². The van der Waals surface area contributed by atoms with Crippen LogP contribution in [0.2, 0.25) is 0 Å². The summed E-state index contributed by atoms with van der Waals surface area (Å²) in [7, 11) is 0. The number of carbonyl (C=O) groups excluding carboxylic acids is 1. The molecular formula is C21H26FNO4. The molecule has 6 heteroatoms.